The van der Waals surface area contributed by atoms with Gasteiger partial charge in [0.2, 0.25) is 0 Å². The van der Waals surface area contributed by atoms with E-state index >= 15 is 0 Å². The third-order valence-corrected chi connectivity index (χ3v) is 0.558. The molecule has 0 bridgehead atoms. The van der Waals surface area contributed by atoms with Crippen molar-refractivity contribution in [1.29, 1.82) is 0 Å². The second-order valence-electron chi connectivity index (χ2n) is 1.13. The zero-order chi connectivity index (χ0) is 6.24. The minimum absolute atomic E-state index is 0.655. The molecule has 0 nitrogen and oxygen atoms in total. The van der Waals surface area contributed by atoms with Crippen molar-refractivity contribution in [1.82, 2.24) is 0 Å². The van der Waals surface area contributed by atoms with E-state index in [0.717, 1.165) is 0 Å². The summed E-state index contributed by atoms with van der Waals surface area (Å²) >= 11 is 0. The van der Waals surface area contributed by atoms with Crippen LogP contribution in [0.15, 0.2) is 12.7 Å². The second-order valence-corrected chi connectivity index (χ2v) is 1.13. The van der Waals surface area contributed by atoms with Crippen molar-refractivity contribution >= 4 is 0 Å². The van der Waals surface area contributed by atoms with E-state index in [1.165, 1.54) is 0 Å². The van der Waals surface area contributed by atoms with Crippen molar-refractivity contribution in [2.75, 3.05) is 0 Å². The molecule has 0 saturated heterocycles. The van der Waals surface area contributed by atoms with E-state index in [0.29, 0.717) is 6.42 Å². The Morgan fingerprint density at radius 2 is 2.25 bits per heavy atom. The van der Waals surface area contributed by atoms with Gasteiger partial charge < -0.3 is 0 Å². The number of rotatable bonds is 0. The fourth-order valence-electron chi connectivity index (χ4n) is 0.256. The Balaban J connectivity index is 3.38. The standard InChI is InChI=1S/C8H8/c1-3-5-7-8-6-4-2/h3H,1,8H2,2H3. The van der Waals surface area contributed by atoms with Gasteiger partial charge in [-0.1, -0.05) is 24.3 Å². The van der Waals surface area contributed by atoms with Crippen LogP contribution in [0.1, 0.15) is 13.3 Å². The van der Waals surface area contributed by atoms with Gasteiger partial charge in [0, 0.05) is 0 Å². The molecule has 0 N–H and O–H groups in total. The van der Waals surface area contributed by atoms with E-state index < -0.39 is 0 Å². The van der Waals surface area contributed by atoms with Gasteiger partial charge in [0.1, 0.15) is 0 Å². The summed E-state index contributed by atoms with van der Waals surface area (Å²) in [6.45, 7) is 5.24. The zero-order valence-electron chi connectivity index (χ0n) is 4.99. The topological polar surface area (TPSA) is 0 Å². The molecule has 8 heavy (non-hydrogen) atoms. The highest BCUT2D eigenvalue weighted by Crippen LogP contribution is 1.68. The molecular formula is C8H8. The van der Waals surface area contributed by atoms with E-state index in [1.54, 1.807) is 13.0 Å². The molecule has 0 aromatic heterocycles. The predicted octanol–water partition coefficient (Wildman–Crippen LogP) is 1.59. The predicted molar refractivity (Wildman–Crippen MR) is 36.0 cm³/mol. The molecule has 0 heterocycles. The normalized spacial score (nSPS) is 5.12. The molecule has 0 amide bonds. The Bertz CT molecular complexity index is 166. The summed E-state index contributed by atoms with van der Waals surface area (Å²) < 4.78 is 0. The van der Waals surface area contributed by atoms with Crippen molar-refractivity contribution < 1.29 is 0 Å². The maximum atomic E-state index is 3.44. The lowest BCUT2D eigenvalue weighted by Crippen LogP contribution is -1.55. The van der Waals surface area contributed by atoms with Crippen molar-refractivity contribution in [3.05, 3.63) is 12.7 Å². The molecule has 0 radical (unpaired) electrons. The van der Waals surface area contributed by atoms with Crippen molar-refractivity contribution in [2.45, 2.75) is 13.3 Å². The fraction of sp³-hybridized carbons (Fsp3) is 0.250. The van der Waals surface area contributed by atoms with Gasteiger partial charge in [0.05, 0.1) is 6.42 Å². The molecule has 0 heteroatoms. The molecular weight excluding hydrogens is 96.1 g/mol. The first-order chi connectivity index (χ1) is 3.91. The highest BCUT2D eigenvalue weighted by molar-refractivity contribution is 5.17. The SMILES string of the molecule is C=CC#CCC#CC. The molecule has 0 fully saturated rings. The van der Waals surface area contributed by atoms with Gasteiger partial charge in [-0.2, -0.15) is 0 Å². The largest absolute Gasteiger partial charge is 0.106 e. The second kappa shape index (κ2) is 5.86. The smallest absolute Gasteiger partial charge is 0.0706 e. The van der Waals surface area contributed by atoms with E-state index in [1.807, 2.05) is 0 Å². The van der Waals surface area contributed by atoms with Crippen LogP contribution in [-0.2, 0) is 0 Å². The Kier molecular flexibility index (Phi) is 5.02. The Morgan fingerprint density at radius 1 is 1.50 bits per heavy atom. The number of hydrogen-bond acceptors (Lipinski definition) is 0. The van der Waals surface area contributed by atoms with E-state index in [4.69, 9.17) is 0 Å². The average Bonchev–Trinajstić information content (AvgIpc) is 1.81. The van der Waals surface area contributed by atoms with Crippen LogP contribution in [0.25, 0.3) is 0 Å². The first kappa shape index (κ1) is 6.86. The van der Waals surface area contributed by atoms with E-state index in [9.17, 15) is 0 Å². The minimum atomic E-state index is 0.655. The summed E-state index contributed by atoms with van der Waals surface area (Å²) in [5.74, 6) is 11.0. The molecule has 0 aliphatic carbocycles. The molecule has 0 rings (SSSR count). The first-order valence-corrected chi connectivity index (χ1v) is 2.40. The van der Waals surface area contributed by atoms with E-state index in [2.05, 4.69) is 30.3 Å². The van der Waals surface area contributed by atoms with Crippen LogP contribution in [0.5, 0.6) is 0 Å². The van der Waals surface area contributed by atoms with Gasteiger partial charge in [0.15, 0.2) is 0 Å². The fourth-order valence-corrected chi connectivity index (χ4v) is 0.256. The van der Waals surface area contributed by atoms with Gasteiger partial charge >= 0.3 is 0 Å². The summed E-state index contributed by atoms with van der Waals surface area (Å²) in [7, 11) is 0. The number of hydrogen-bond donors (Lipinski definition) is 0. The molecule has 0 aromatic carbocycles. The molecule has 0 saturated carbocycles. The van der Waals surface area contributed by atoms with Crippen molar-refractivity contribution in [3.8, 4) is 23.7 Å². The van der Waals surface area contributed by atoms with Crippen molar-refractivity contribution in [3.63, 3.8) is 0 Å². The summed E-state index contributed by atoms with van der Waals surface area (Å²) in [4.78, 5) is 0. The molecule has 40 valence electrons. The first-order valence-electron chi connectivity index (χ1n) is 2.40. The van der Waals surface area contributed by atoms with Crippen LogP contribution >= 0.6 is 0 Å². The summed E-state index contributed by atoms with van der Waals surface area (Å²) in [5, 5.41) is 0. The van der Waals surface area contributed by atoms with Crippen LogP contribution in [0.4, 0.5) is 0 Å². The lowest BCUT2D eigenvalue weighted by Gasteiger charge is -1.64. The van der Waals surface area contributed by atoms with Crippen LogP contribution in [0.3, 0.4) is 0 Å². The lowest BCUT2D eigenvalue weighted by atomic mass is 10.4. The van der Waals surface area contributed by atoms with Gasteiger partial charge in [0.25, 0.3) is 0 Å². The molecule has 0 unspecified atom stereocenters. The minimum Gasteiger partial charge on any atom is -0.106 e. The third-order valence-electron chi connectivity index (χ3n) is 0.558. The monoisotopic (exact) mass is 104 g/mol. The Morgan fingerprint density at radius 3 is 2.75 bits per heavy atom. The summed E-state index contributed by atoms with van der Waals surface area (Å²) in [5.41, 5.74) is 0. The summed E-state index contributed by atoms with van der Waals surface area (Å²) in [6, 6.07) is 0. The molecule has 0 spiro atoms. The number of allylic oxidation sites excluding steroid dienone is 1. The van der Waals surface area contributed by atoms with Crippen LogP contribution in [0, 0.1) is 23.7 Å². The van der Waals surface area contributed by atoms with Crippen LogP contribution in [0.2, 0.25) is 0 Å². The summed E-state index contributed by atoms with van der Waals surface area (Å²) in [6.07, 6.45) is 2.22. The van der Waals surface area contributed by atoms with E-state index in [-0.39, 0.29) is 0 Å². The van der Waals surface area contributed by atoms with Gasteiger partial charge in [-0.05, 0) is 13.0 Å². The highest BCUT2D eigenvalue weighted by Gasteiger charge is 1.59. The van der Waals surface area contributed by atoms with Gasteiger partial charge in [-0.25, -0.2) is 0 Å². The van der Waals surface area contributed by atoms with Crippen molar-refractivity contribution in [2.24, 2.45) is 0 Å². The quantitative estimate of drug-likeness (QED) is 0.409. The Labute approximate surface area is 50.6 Å². The third kappa shape index (κ3) is 4.86. The van der Waals surface area contributed by atoms with Crippen LogP contribution < -0.4 is 0 Å². The Hall–Kier alpha value is -1.14. The zero-order valence-corrected chi connectivity index (χ0v) is 4.99. The maximum absolute atomic E-state index is 3.44. The van der Waals surface area contributed by atoms with Gasteiger partial charge in [-0.3, -0.25) is 0 Å². The highest BCUT2D eigenvalue weighted by atomic mass is 13.6. The molecule has 0 aliphatic rings. The molecule has 0 aliphatic heterocycles. The van der Waals surface area contributed by atoms with Crippen LogP contribution in [-0.4, -0.2) is 0 Å². The maximum Gasteiger partial charge on any atom is 0.0706 e. The lowest BCUT2D eigenvalue weighted by molar-refractivity contribution is 1.55. The van der Waals surface area contributed by atoms with Gasteiger partial charge in [-0.15, -0.1) is 5.92 Å². The average molecular weight is 104 g/mol. The molecule has 0 atom stereocenters. The molecule has 0 aromatic rings.